The highest BCUT2D eigenvalue weighted by molar-refractivity contribution is 6.11. The minimum absolute atomic E-state index is 0.107. The van der Waals surface area contributed by atoms with Crippen LogP contribution in [-0.4, -0.2) is 29.9 Å². The van der Waals surface area contributed by atoms with Crippen LogP contribution in [0.4, 0.5) is 0 Å². The van der Waals surface area contributed by atoms with Gasteiger partial charge in [0.2, 0.25) is 0 Å². The van der Waals surface area contributed by atoms with E-state index in [-0.39, 0.29) is 18.4 Å². The molecular weight excluding hydrogens is 254 g/mol. The van der Waals surface area contributed by atoms with Crippen molar-refractivity contribution < 1.29 is 9.59 Å². The Hall–Kier alpha value is -2.74. The van der Waals surface area contributed by atoms with Gasteiger partial charge in [0.05, 0.1) is 6.54 Å². The van der Waals surface area contributed by atoms with Crippen LogP contribution in [0, 0.1) is 12.3 Å². The van der Waals surface area contributed by atoms with Crippen LogP contribution in [0.3, 0.4) is 0 Å². The van der Waals surface area contributed by atoms with E-state index in [9.17, 15) is 9.59 Å². The molecular formula is C15H13N3O2. The molecule has 1 aromatic carbocycles. The van der Waals surface area contributed by atoms with Gasteiger partial charge in [0, 0.05) is 23.0 Å². The number of hydrogen-bond donors (Lipinski definition) is 3. The highest BCUT2D eigenvalue weighted by Gasteiger charge is 2.23. The van der Waals surface area contributed by atoms with Gasteiger partial charge in [-0.05, 0) is 24.1 Å². The molecule has 2 heterocycles. The lowest BCUT2D eigenvalue weighted by Gasteiger charge is -2.03. The van der Waals surface area contributed by atoms with E-state index >= 15 is 0 Å². The van der Waals surface area contributed by atoms with Crippen LogP contribution in [0.25, 0.3) is 10.9 Å². The molecule has 5 heteroatoms. The number of H-pyrrole nitrogens is 1. The molecule has 0 unspecified atom stereocenters. The highest BCUT2D eigenvalue weighted by atomic mass is 16.2. The van der Waals surface area contributed by atoms with Crippen molar-refractivity contribution in [1.29, 1.82) is 0 Å². The fourth-order valence-corrected chi connectivity index (χ4v) is 2.57. The Bertz CT molecular complexity index is 752. The van der Waals surface area contributed by atoms with E-state index < -0.39 is 0 Å². The first-order chi connectivity index (χ1) is 9.72. The molecule has 3 rings (SSSR count). The second-order valence-electron chi connectivity index (χ2n) is 4.60. The molecule has 100 valence electrons. The molecule has 1 aromatic heterocycles. The van der Waals surface area contributed by atoms with E-state index in [1.54, 1.807) is 12.1 Å². The standard InChI is InChI=1S/C15H13N3O2/c1-2-7-16-15(20)13-9-6-8-17-14(19)10-4-3-5-11(18-13)12(9)10/h1,3-5,18H,6-8H2,(H,16,20)(H,17,19). The summed E-state index contributed by atoms with van der Waals surface area (Å²) in [6.45, 7) is 0.688. The number of nitrogens with one attached hydrogen (secondary N) is 3. The number of carbonyl (C=O) groups excluding carboxylic acids is 2. The lowest BCUT2D eigenvalue weighted by Crippen LogP contribution is -2.26. The van der Waals surface area contributed by atoms with Gasteiger partial charge in [-0.1, -0.05) is 12.0 Å². The molecule has 2 amide bonds. The molecule has 20 heavy (non-hydrogen) atoms. The summed E-state index contributed by atoms with van der Waals surface area (Å²) >= 11 is 0. The van der Waals surface area contributed by atoms with Crippen molar-refractivity contribution in [1.82, 2.24) is 15.6 Å². The monoisotopic (exact) mass is 267 g/mol. The maximum atomic E-state index is 12.1. The predicted octanol–water partition coefficient (Wildman–Crippen LogP) is 0.817. The summed E-state index contributed by atoms with van der Waals surface area (Å²) in [7, 11) is 0. The van der Waals surface area contributed by atoms with Crippen LogP contribution in [0.5, 0.6) is 0 Å². The van der Waals surface area contributed by atoms with E-state index in [2.05, 4.69) is 21.5 Å². The third-order valence-electron chi connectivity index (χ3n) is 3.41. The predicted molar refractivity (Wildman–Crippen MR) is 75.5 cm³/mol. The van der Waals surface area contributed by atoms with Crippen LogP contribution in [0.1, 0.15) is 26.4 Å². The molecule has 1 aliphatic heterocycles. The van der Waals surface area contributed by atoms with Crippen LogP contribution >= 0.6 is 0 Å². The van der Waals surface area contributed by atoms with Crippen molar-refractivity contribution in [3.8, 4) is 12.3 Å². The Balaban J connectivity index is 2.18. The lowest BCUT2D eigenvalue weighted by atomic mass is 10.0. The highest BCUT2D eigenvalue weighted by Crippen LogP contribution is 2.28. The number of rotatable bonds is 2. The van der Waals surface area contributed by atoms with Gasteiger partial charge in [-0.15, -0.1) is 6.42 Å². The van der Waals surface area contributed by atoms with Crippen molar-refractivity contribution >= 4 is 22.7 Å². The first-order valence-corrected chi connectivity index (χ1v) is 6.36. The normalized spacial score (nSPS) is 13.4. The third-order valence-corrected chi connectivity index (χ3v) is 3.41. The molecule has 5 nitrogen and oxygen atoms in total. The zero-order chi connectivity index (χ0) is 14.1. The van der Waals surface area contributed by atoms with Crippen molar-refractivity contribution in [3.05, 3.63) is 35.0 Å². The smallest absolute Gasteiger partial charge is 0.268 e. The van der Waals surface area contributed by atoms with Crippen molar-refractivity contribution in [2.45, 2.75) is 6.42 Å². The van der Waals surface area contributed by atoms with Gasteiger partial charge in [0.15, 0.2) is 0 Å². The van der Waals surface area contributed by atoms with Crippen molar-refractivity contribution in [2.75, 3.05) is 13.1 Å². The number of aromatic amines is 1. The van der Waals surface area contributed by atoms with E-state index in [0.29, 0.717) is 24.2 Å². The quantitative estimate of drug-likeness (QED) is 0.705. The fraction of sp³-hybridized carbons (Fsp3) is 0.200. The summed E-state index contributed by atoms with van der Waals surface area (Å²) in [5, 5.41) is 6.30. The lowest BCUT2D eigenvalue weighted by molar-refractivity contribution is 0.0949. The van der Waals surface area contributed by atoms with Crippen molar-refractivity contribution in [2.24, 2.45) is 0 Å². The Kier molecular flexibility index (Phi) is 2.92. The molecule has 0 bridgehead atoms. The fourth-order valence-electron chi connectivity index (χ4n) is 2.57. The Labute approximate surface area is 115 Å². The van der Waals surface area contributed by atoms with E-state index in [1.165, 1.54) is 0 Å². The summed E-state index contributed by atoms with van der Waals surface area (Å²) in [4.78, 5) is 27.2. The zero-order valence-electron chi connectivity index (χ0n) is 10.7. The van der Waals surface area contributed by atoms with Crippen molar-refractivity contribution in [3.63, 3.8) is 0 Å². The van der Waals surface area contributed by atoms with E-state index in [4.69, 9.17) is 6.42 Å². The van der Waals surface area contributed by atoms with Gasteiger partial charge in [-0.2, -0.15) is 0 Å². The van der Waals surface area contributed by atoms with Gasteiger partial charge in [0.1, 0.15) is 5.69 Å². The van der Waals surface area contributed by atoms with Gasteiger partial charge >= 0.3 is 0 Å². The van der Waals surface area contributed by atoms with Gasteiger partial charge < -0.3 is 15.6 Å². The molecule has 0 radical (unpaired) electrons. The molecule has 0 aliphatic carbocycles. The molecule has 2 aromatic rings. The number of hydrogen-bond acceptors (Lipinski definition) is 2. The summed E-state index contributed by atoms with van der Waals surface area (Å²) in [5.74, 6) is 2.02. The zero-order valence-corrected chi connectivity index (χ0v) is 10.7. The third kappa shape index (κ3) is 1.82. The maximum Gasteiger partial charge on any atom is 0.268 e. The van der Waals surface area contributed by atoms with Gasteiger partial charge in [-0.25, -0.2) is 0 Å². The topological polar surface area (TPSA) is 74.0 Å². The minimum atomic E-state index is -0.241. The van der Waals surface area contributed by atoms with Crippen LogP contribution in [0.15, 0.2) is 18.2 Å². The Morgan fingerprint density at radius 1 is 1.45 bits per heavy atom. The SMILES string of the molecule is C#CCNC(=O)c1[nH]c2cccc3c2c1CCNC3=O. The molecule has 0 spiro atoms. The second-order valence-corrected chi connectivity index (χ2v) is 4.60. The Morgan fingerprint density at radius 3 is 3.10 bits per heavy atom. The second kappa shape index (κ2) is 4.74. The summed E-state index contributed by atoms with van der Waals surface area (Å²) in [6.07, 6.45) is 5.76. The first kappa shape index (κ1) is 12.3. The Morgan fingerprint density at radius 2 is 2.30 bits per heavy atom. The van der Waals surface area contributed by atoms with E-state index in [1.807, 2.05) is 6.07 Å². The minimum Gasteiger partial charge on any atom is -0.352 e. The number of benzene rings is 1. The average molecular weight is 267 g/mol. The first-order valence-electron chi connectivity index (χ1n) is 6.36. The number of terminal acetylenes is 1. The largest absolute Gasteiger partial charge is 0.352 e. The van der Waals surface area contributed by atoms with Gasteiger partial charge in [-0.3, -0.25) is 9.59 Å². The summed E-state index contributed by atoms with van der Waals surface area (Å²) in [6, 6.07) is 5.42. The number of carbonyl (C=O) groups is 2. The molecule has 3 N–H and O–H groups in total. The van der Waals surface area contributed by atoms with Gasteiger partial charge in [0.25, 0.3) is 11.8 Å². The molecule has 0 fully saturated rings. The molecule has 0 atom stereocenters. The van der Waals surface area contributed by atoms with Crippen LogP contribution in [0.2, 0.25) is 0 Å². The molecule has 1 aliphatic rings. The van der Waals surface area contributed by atoms with Crippen LogP contribution in [-0.2, 0) is 6.42 Å². The molecule has 0 saturated carbocycles. The number of amides is 2. The summed E-state index contributed by atoms with van der Waals surface area (Å²) in [5.41, 5.74) is 2.74. The maximum absolute atomic E-state index is 12.1. The number of aromatic nitrogens is 1. The van der Waals surface area contributed by atoms with E-state index in [0.717, 1.165) is 16.5 Å². The van der Waals surface area contributed by atoms with Crippen LogP contribution < -0.4 is 10.6 Å². The summed E-state index contributed by atoms with van der Waals surface area (Å²) < 4.78 is 0. The molecule has 0 saturated heterocycles. The average Bonchev–Trinajstić information content (AvgIpc) is 2.74.